The first-order valence-electron chi connectivity index (χ1n) is 6.46. The van der Waals surface area contributed by atoms with Gasteiger partial charge < -0.3 is 18.9 Å². The highest BCUT2D eigenvalue weighted by atomic mass is 19.1. The Kier molecular flexibility index (Phi) is 3.75. The van der Waals surface area contributed by atoms with Crippen LogP contribution < -0.4 is 4.74 Å². The molecule has 4 atom stereocenters. The molecule has 2 fully saturated rings. The number of halogens is 1. The summed E-state index contributed by atoms with van der Waals surface area (Å²) in [6.45, 7) is 0.583. The fourth-order valence-corrected chi connectivity index (χ4v) is 2.63. The van der Waals surface area contributed by atoms with Crippen LogP contribution in [0.1, 0.15) is 0 Å². The Morgan fingerprint density at radius 3 is 2.62 bits per heavy atom. The minimum absolute atomic E-state index is 0.126. The van der Waals surface area contributed by atoms with Crippen LogP contribution in [0.25, 0.3) is 0 Å². The van der Waals surface area contributed by atoms with Crippen LogP contribution in [0, 0.1) is 15.9 Å². The molecule has 0 aliphatic carbocycles. The van der Waals surface area contributed by atoms with Crippen LogP contribution in [0.2, 0.25) is 0 Å². The maximum absolute atomic E-state index is 13.3. The van der Waals surface area contributed by atoms with E-state index < -0.39 is 16.8 Å². The van der Waals surface area contributed by atoms with Gasteiger partial charge in [-0.05, 0) is 6.07 Å². The smallest absolute Gasteiger partial charge is 0.311 e. The summed E-state index contributed by atoms with van der Waals surface area (Å²) in [6, 6.07) is 3.09. The molecule has 2 saturated heterocycles. The second-order valence-corrected chi connectivity index (χ2v) is 4.90. The number of fused-ring (bicyclic) bond motifs is 1. The predicted octanol–water partition coefficient (Wildman–Crippen LogP) is 1.29. The summed E-state index contributed by atoms with van der Waals surface area (Å²) in [6.07, 6.45) is -1.37. The summed E-state index contributed by atoms with van der Waals surface area (Å²) in [5.41, 5.74) is -0.291. The lowest BCUT2D eigenvalue weighted by Crippen LogP contribution is -2.35. The van der Waals surface area contributed by atoms with Crippen molar-refractivity contribution in [2.24, 2.45) is 0 Å². The minimum Gasteiger partial charge on any atom is -0.478 e. The van der Waals surface area contributed by atoms with Gasteiger partial charge in [-0.25, -0.2) is 4.39 Å². The van der Waals surface area contributed by atoms with Crippen LogP contribution in [0.4, 0.5) is 10.1 Å². The first-order chi connectivity index (χ1) is 10.1. The van der Waals surface area contributed by atoms with Gasteiger partial charge in [0.2, 0.25) is 0 Å². The highest BCUT2D eigenvalue weighted by molar-refractivity contribution is 5.46. The lowest BCUT2D eigenvalue weighted by Gasteiger charge is -2.17. The molecule has 114 valence electrons. The first kappa shape index (κ1) is 14.2. The molecule has 2 aliphatic rings. The molecule has 2 heterocycles. The number of hydrogen-bond donors (Lipinski definition) is 0. The fourth-order valence-electron chi connectivity index (χ4n) is 2.63. The Balaban J connectivity index is 1.79. The molecule has 0 aromatic heterocycles. The molecule has 0 radical (unpaired) electrons. The maximum atomic E-state index is 13.3. The molecule has 8 heteroatoms. The van der Waals surface area contributed by atoms with E-state index in [1.807, 2.05) is 0 Å². The van der Waals surface area contributed by atoms with Gasteiger partial charge in [-0.15, -0.1) is 0 Å². The Morgan fingerprint density at radius 2 is 1.95 bits per heavy atom. The van der Waals surface area contributed by atoms with Gasteiger partial charge in [0.25, 0.3) is 0 Å². The molecular formula is C13H14FNO6. The van der Waals surface area contributed by atoms with Gasteiger partial charge in [-0.2, -0.15) is 0 Å². The molecule has 0 bridgehead atoms. The molecular weight excluding hydrogens is 285 g/mol. The lowest BCUT2D eigenvalue weighted by molar-refractivity contribution is -0.386. The van der Waals surface area contributed by atoms with Crippen molar-refractivity contribution < 1.29 is 28.3 Å². The van der Waals surface area contributed by atoms with Gasteiger partial charge in [0.05, 0.1) is 18.1 Å². The summed E-state index contributed by atoms with van der Waals surface area (Å²) in [5.74, 6) is -0.730. The molecule has 7 nitrogen and oxygen atoms in total. The molecule has 2 aliphatic heterocycles. The molecule has 1 aromatic rings. The zero-order valence-electron chi connectivity index (χ0n) is 11.2. The molecule has 0 amide bonds. The van der Waals surface area contributed by atoms with Crippen molar-refractivity contribution in [2.75, 3.05) is 20.3 Å². The van der Waals surface area contributed by atoms with Crippen molar-refractivity contribution in [3.05, 3.63) is 34.1 Å². The standard InChI is InChI=1S/C13H14FNO6/c1-18-10-5-19-13-11(6-20-12(10)13)21-9-4-7(14)2-3-8(9)15(16)17/h2-4,10-13H,5-6H2,1H3/t10-,11-,12-,13-/m1/s1. The molecule has 0 spiro atoms. The van der Waals surface area contributed by atoms with Crippen molar-refractivity contribution in [3.8, 4) is 5.75 Å². The van der Waals surface area contributed by atoms with E-state index >= 15 is 0 Å². The van der Waals surface area contributed by atoms with E-state index in [-0.39, 0.29) is 36.4 Å². The van der Waals surface area contributed by atoms with Crippen LogP contribution in [-0.4, -0.2) is 49.7 Å². The minimum atomic E-state index is -0.616. The van der Waals surface area contributed by atoms with E-state index in [0.29, 0.717) is 6.61 Å². The molecule has 21 heavy (non-hydrogen) atoms. The van der Waals surface area contributed by atoms with Gasteiger partial charge >= 0.3 is 5.69 Å². The largest absolute Gasteiger partial charge is 0.478 e. The number of hydrogen-bond acceptors (Lipinski definition) is 6. The lowest BCUT2D eigenvalue weighted by atomic mass is 10.1. The monoisotopic (exact) mass is 299 g/mol. The topological polar surface area (TPSA) is 80.1 Å². The highest BCUT2D eigenvalue weighted by Gasteiger charge is 2.49. The average molecular weight is 299 g/mol. The summed E-state index contributed by atoms with van der Waals surface area (Å²) < 4.78 is 35.2. The van der Waals surface area contributed by atoms with Crippen molar-refractivity contribution in [1.29, 1.82) is 0 Å². The summed E-state index contributed by atoms with van der Waals surface area (Å²) in [5, 5.41) is 11.0. The van der Waals surface area contributed by atoms with E-state index in [1.54, 1.807) is 7.11 Å². The number of rotatable bonds is 4. The fraction of sp³-hybridized carbons (Fsp3) is 0.538. The third-order valence-electron chi connectivity index (χ3n) is 3.66. The number of nitrogens with zero attached hydrogens (tertiary/aromatic N) is 1. The van der Waals surface area contributed by atoms with Crippen molar-refractivity contribution in [3.63, 3.8) is 0 Å². The van der Waals surface area contributed by atoms with E-state index in [1.165, 1.54) is 0 Å². The zero-order valence-corrected chi connectivity index (χ0v) is 11.2. The SMILES string of the molecule is CO[C@@H]1CO[C@H]2[C@@H]1OC[C@H]2Oc1cc(F)ccc1[N+](=O)[O-]. The molecule has 1 aromatic carbocycles. The van der Waals surface area contributed by atoms with Crippen molar-refractivity contribution in [1.82, 2.24) is 0 Å². The van der Waals surface area contributed by atoms with Gasteiger partial charge in [0, 0.05) is 19.2 Å². The normalized spacial score (nSPS) is 31.1. The second kappa shape index (κ2) is 5.55. The number of nitro benzene ring substituents is 1. The predicted molar refractivity (Wildman–Crippen MR) is 67.7 cm³/mol. The summed E-state index contributed by atoms with van der Waals surface area (Å²) in [7, 11) is 1.56. The molecule has 0 unspecified atom stereocenters. The molecule has 0 saturated carbocycles. The maximum Gasteiger partial charge on any atom is 0.311 e. The molecule has 0 N–H and O–H groups in total. The Labute approximate surface area is 119 Å². The Morgan fingerprint density at radius 1 is 1.29 bits per heavy atom. The quantitative estimate of drug-likeness (QED) is 0.615. The van der Waals surface area contributed by atoms with E-state index in [2.05, 4.69) is 0 Å². The third-order valence-corrected chi connectivity index (χ3v) is 3.66. The number of ether oxygens (including phenoxy) is 4. The Bertz CT molecular complexity index is 553. The average Bonchev–Trinajstić information content (AvgIpc) is 3.01. The van der Waals surface area contributed by atoms with Gasteiger partial charge in [0.1, 0.15) is 24.1 Å². The van der Waals surface area contributed by atoms with Gasteiger partial charge in [-0.1, -0.05) is 0 Å². The molecule has 3 rings (SSSR count). The second-order valence-electron chi connectivity index (χ2n) is 4.90. The van der Waals surface area contributed by atoms with Crippen LogP contribution in [0.15, 0.2) is 18.2 Å². The van der Waals surface area contributed by atoms with Crippen LogP contribution in [0.5, 0.6) is 5.75 Å². The van der Waals surface area contributed by atoms with E-state index in [9.17, 15) is 14.5 Å². The highest BCUT2D eigenvalue weighted by Crippen LogP contribution is 2.34. The van der Waals surface area contributed by atoms with Crippen molar-refractivity contribution >= 4 is 5.69 Å². The van der Waals surface area contributed by atoms with Crippen LogP contribution in [-0.2, 0) is 14.2 Å². The Hall–Kier alpha value is -1.77. The summed E-state index contributed by atoms with van der Waals surface area (Å²) >= 11 is 0. The number of methoxy groups -OCH3 is 1. The third kappa shape index (κ3) is 2.57. The first-order valence-corrected chi connectivity index (χ1v) is 6.46. The van der Waals surface area contributed by atoms with E-state index in [4.69, 9.17) is 18.9 Å². The van der Waals surface area contributed by atoms with Crippen LogP contribution >= 0.6 is 0 Å². The van der Waals surface area contributed by atoms with Crippen LogP contribution in [0.3, 0.4) is 0 Å². The van der Waals surface area contributed by atoms with E-state index in [0.717, 1.165) is 18.2 Å². The number of benzene rings is 1. The van der Waals surface area contributed by atoms with Crippen molar-refractivity contribution in [2.45, 2.75) is 24.4 Å². The zero-order chi connectivity index (χ0) is 15.0. The number of nitro groups is 1. The summed E-state index contributed by atoms with van der Waals surface area (Å²) in [4.78, 5) is 10.3. The van der Waals surface area contributed by atoms with Gasteiger partial charge in [0.15, 0.2) is 11.9 Å². The van der Waals surface area contributed by atoms with Gasteiger partial charge in [-0.3, -0.25) is 10.1 Å².